The number of aliphatic imine (C=N–C) groups is 1. The summed E-state index contributed by atoms with van der Waals surface area (Å²) in [6.45, 7) is 1.93. The van der Waals surface area contributed by atoms with Gasteiger partial charge in [-0.25, -0.2) is 4.99 Å². The van der Waals surface area contributed by atoms with E-state index in [-0.39, 0.29) is 11.9 Å². The zero-order valence-corrected chi connectivity index (χ0v) is 14.6. The number of hydrogen-bond acceptors (Lipinski definition) is 3. The van der Waals surface area contributed by atoms with Gasteiger partial charge in [-0.05, 0) is 42.2 Å². The summed E-state index contributed by atoms with van der Waals surface area (Å²) < 4.78 is 0. The molecule has 1 atom stereocenters. The molecule has 0 fully saturated rings. The lowest BCUT2D eigenvalue weighted by Gasteiger charge is -2.22. The van der Waals surface area contributed by atoms with Gasteiger partial charge in [0.1, 0.15) is 5.71 Å². The monoisotopic (exact) mass is 354 g/mol. The fraction of sp³-hybridized carbons (Fsp3) is 0.158. The maximum absolute atomic E-state index is 13.0. The Balaban J connectivity index is 1.81. The fourth-order valence-electron chi connectivity index (χ4n) is 3.00. The Morgan fingerprint density at radius 3 is 2.83 bits per heavy atom. The number of hydrogen-bond donors (Lipinski definition) is 0. The Morgan fingerprint density at radius 2 is 2.08 bits per heavy atom. The molecule has 4 rings (SSSR count). The van der Waals surface area contributed by atoms with Gasteiger partial charge in [-0.3, -0.25) is 9.69 Å². The first-order valence-electron chi connectivity index (χ1n) is 7.71. The molecule has 3 nitrogen and oxygen atoms in total. The number of thioether (sulfide) groups is 1. The van der Waals surface area contributed by atoms with Crippen LogP contribution in [0.25, 0.3) is 0 Å². The third kappa shape index (κ3) is 2.56. The van der Waals surface area contributed by atoms with Crippen LogP contribution in [0.5, 0.6) is 0 Å². The Hall–Kier alpha value is -2.04. The highest BCUT2D eigenvalue weighted by Gasteiger charge is 2.37. The van der Waals surface area contributed by atoms with Crippen molar-refractivity contribution < 1.29 is 4.79 Å². The summed E-state index contributed by atoms with van der Waals surface area (Å²) in [4.78, 5) is 19.5. The second-order valence-corrected chi connectivity index (χ2v) is 7.16. The molecule has 2 aliphatic heterocycles. The lowest BCUT2D eigenvalue weighted by Crippen LogP contribution is -2.39. The van der Waals surface area contributed by atoms with Crippen molar-refractivity contribution in [2.45, 2.75) is 13.0 Å². The van der Waals surface area contributed by atoms with E-state index in [2.05, 4.69) is 16.5 Å². The van der Waals surface area contributed by atoms with Crippen LogP contribution in [0.2, 0.25) is 5.02 Å². The van der Waals surface area contributed by atoms with Crippen molar-refractivity contribution in [1.82, 2.24) is 0 Å². The molecular weight excluding hydrogens is 340 g/mol. The first-order chi connectivity index (χ1) is 11.6. The smallest absolute Gasteiger partial charge is 0.278 e. The molecule has 1 unspecified atom stereocenters. The van der Waals surface area contributed by atoms with Gasteiger partial charge in [-0.2, -0.15) is 0 Å². The quantitative estimate of drug-likeness (QED) is 0.780. The van der Waals surface area contributed by atoms with E-state index in [4.69, 9.17) is 11.6 Å². The van der Waals surface area contributed by atoms with Crippen LogP contribution in [0.3, 0.4) is 0 Å². The van der Waals surface area contributed by atoms with Crippen molar-refractivity contribution in [2.75, 3.05) is 10.7 Å². The van der Waals surface area contributed by atoms with Gasteiger partial charge in [0, 0.05) is 16.3 Å². The summed E-state index contributed by atoms with van der Waals surface area (Å²) in [5.41, 5.74) is 4.01. The minimum absolute atomic E-state index is 0.0408. The highest BCUT2D eigenvalue weighted by molar-refractivity contribution is 8.02. The van der Waals surface area contributed by atoms with Gasteiger partial charge in [0.15, 0.2) is 0 Å². The molecule has 2 aliphatic rings. The summed E-state index contributed by atoms with van der Waals surface area (Å²) in [5.74, 6) is 0.842. The van der Waals surface area contributed by atoms with Crippen LogP contribution >= 0.6 is 23.4 Å². The highest BCUT2D eigenvalue weighted by atomic mass is 35.5. The predicted molar refractivity (Wildman–Crippen MR) is 102 cm³/mol. The van der Waals surface area contributed by atoms with Gasteiger partial charge < -0.3 is 0 Å². The number of fused-ring (bicyclic) bond motifs is 1. The van der Waals surface area contributed by atoms with Crippen LogP contribution in [0.4, 0.5) is 11.4 Å². The number of halogens is 1. The minimum atomic E-state index is -0.0408. The second-order valence-electron chi connectivity index (χ2n) is 5.82. The number of nitrogens with zero attached hydrogens (tertiary/aromatic N) is 2. The SMILES string of the molecule is Cc1cc(N=C2C(=O)N(C3C=CSC3)c3ccccc32)ccc1Cl. The van der Waals surface area contributed by atoms with Crippen molar-refractivity contribution in [3.05, 3.63) is 70.1 Å². The Morgan fingerprint density at radius 1 is 1.25 bits per heavy atom. The summed E-state index contributed by atoms with van der Waals surface area (Å²) in [6, 6.07) is 13.5. The largest absolute Gasteiger partial charge is 0.299 e. The van der Waals surface area contributed by atoms with Crippen molar-refractivity contribution in [1.29, 1.82) is 0 Å². The van der Waals surface area contributed by atoms with E-state index in [0.29, 0.717) is 10.7 Å². The summed E-state index contributed by atoms with van der Waals surface area (Å²) in [7, 11) is 0. The first-order valence-corrected chi connectivity index (χ1v) is 9.14. The number of carbonyl (C=O) groups is 1. The summed E-state index contributed by atoms with van der Waals surface area (Å²) in [6.07, 6.45) is 2.08. The predicted octanol–water partition coefficient (Wildman–Crippen LogP) is 4.74. The van der Waals surface area contributed by atoms with Crippen LogP contribution < -0.4 is 4.90 Å². The van der Waals surface area contributed by atoms with Crippen LogP contribution in [-0.2, 0) is 4.79 Å². The van der Waals surface area contributed by atoms with E-state index in [9.17, 15) is 4.79 Å². The third-order valence-electron chi connectivity index (χ3n) is 4.22. The molecule has 0 N–H and O–H groups in total. The first kappa shape index (κ1) is 15.5. The minimum Gasteiger partial charge on any atom is -0.299 e. The third-order valence-corrected chi connectivity index (χ3v) is 5.53. The maximum atomic E-state index is 13.0. The van der Waals surface area contributed by atoms with Gasteiger partial charge in [-0.15, -0.1) is 11.8 Å². The Kier molecular flexibility index (Phi) is 3.94. The molecule has 2 aromatic carbocycles. The zero-order chi connectivity index (χ0) is 16.7. The molecule has 0 saturated carbocycles. The molecule has 24 heavy (non-hydrogen) atoms. The average Bonchev–Trinajstić information content (AvgIpc) is 3.18. The van der Waals surface area contributed by atoms with Gasteiger partial charge in [0.2, 0.25) is 0 Å². The normalized spacial score (nSPS) is 20.9. The molecule has 120 valence electrons. The lowest BCUT2D eigenvalue weighted by molar-refractivity contribution is -0.112. The van der Waals surface area contributed by atoms with Crippen molar-refractivity contribution in [2.24, 2.45) is 4.99 Å². The zero-order valence-electron chi connectivity index (χ0n) is 13.1. The fourth-order valence-corrected chi connectivity index (χ4v) is 3.98. The molecule has 0 aliphatic carbocycles. The Labute approximate surface area is 150 Å². The molecule has 2 aromatic rings. The maximum Gasteiger partial charge on any atom is 0.278 e. The summed E-state index contributed by atoms with van der Waals surface area (Å²) in [5, 5.41) is 2.75. The highest BCUT2D eigenvalue weighted by Crippen LogP contribution is 2.35. The molecule has 0 saturated heterocycles. The van der Waals surface area contributed by atoms with Crippen LogP contribution in [0.1, 0.15) is 11.1 Å². The number of anilines is 1. The van der Waals surface area contributed by atoms with Gasteiger partial charge in [-0.1, -0.05) is 35.9 Å². The van der Waals surface area contributed by atoms with E-state index in [1.165, 1.54) is 0 Å². The summed E-state index contributed by atoms with van der Waals surface area (Å²) >= 11 is 7.81. The average molecular weight is 355 g/mol. The number of amides is 1. The van der Waals surface area contributed by atoms with Crippen LogP contribution in [0.15, 0.2) is 58.9 Å². The van der Waals surface area contributed by atoms with Crippen molar-refractivity contribution >= 4 is 46.4 Å². The molecule has 2 heterocycles. The topological polar surface area (TPSA) is 32.7 Å². The van der Waals surface area contributed by atoms with Crippen molar-refractivity contribution in [3.8, 4) is 0 Å². The second kappa shape index (κ2) is 6.11. The standard InChI is InChI=1S/C19H15ClN2OS/c1-12-10-13(6-7-16(12)20)21-18-15-4-2-3-5-17(15)22(19(18)23)14-8-9-24-11-14/h2-10,14H,11H2,1H3. The number of carbonyl (C=O) groups excluding carboxylic acids is 1. The van der Waals surface area contributed by atoms with Gasteiger partial charge >= 0.3 is 0 Å². The molecule has 0 radical (unpaired) electrons. The van der Waals surface area contributed by atoms with E-state index >= 15 is 0 Å². The van der Waals surface area contributed by atoms with Gasteiger partial charge in [0.25, 0.3) is 5.91 Å². The molecule has 0 aromatic heterocycles. The number of benzene rings is 2. The number of rotatable bonds is 2. The van der Waals surface area contributed by atoms with Crippen LogP contribution in [0, 0.1) is 6.92 Å². The molecule has 0 bridgehead atoms. The van der Waals surface area contributed by atoms with E-state index in [1.54, 1.807) is 11.8 Å². The van der Waals surface area contributed by atoms with E-state index in [0.717, 1.165) is 28.3 Å². The Bertz CT molecular complexity index is 891. The number of para-hydroxylation sites is 1. The molecule has 0 spiro atoms. The molecule has 1 amide bonds. The molecule has 5 heteroatoms. The molecular formula is C19H15ClN2OS. The van der Waals surface area contributed by atoms with E-state index < -0.39 is 0 Å². The van der Waals surface area contributed by atoms with Crippen LogP contribution in [-0.4, -0.2) is 23.4 Å². The number of aryl methyl sites for hydroxylation is 1. The van der Waals surface area contributed by atoms with Gasteiger partial charge in [0.05, 0.1) is 17.4 Å². The van der Waals surface area contributed by atoms with Crippen molar-refractivity contribution in [3.63, 3.8) is 0 Å². The lowest BCUT2D eigenvalue weighted by atomic mass is 10.1. The van der Waals surface area contributed by atoms with E-state index in [1.807, 2.05) is 54.3 Å².